The summed E-state index contributed by atoms with van der Waals surface area (Å²) in [6.07, 6.45) is 2.58. The van der Waals surface area contributed by atoms with Gasteiger partial charge in [0.25, 0.3) is 5.91 Å². The average molecular weight is 413 g/mol. The van der Waals surface area contributed by atoms with E-state index in [0.29, 0.717) is 22.4 Å². The van der Waals surface area contributed by atoms with Crippen LogP contribution in [0.4, 0.5) is 4.39 Å². The molecule has 1 aliphatic heterocycles. The Bertz CT molecular complexity index is 994. The summed E-state index contributed by atoms with van der Waals surface area (Å²) >= 11 is 1.30. The van der Waals surface area contributed by atoms with Crippen LogP contribution in [0.15, 0.2) is 42.5 Å². The molecule has 0 saturated carbocycles. The number of nitrogens with zero attached hydrogens (tertiary/aromatic N) is 1. The highest BCUT2D eigenvalue weighted by Gasteiger charge is 2.20. The first-order chi connectivity index (χ1) is 14.2. The van der Waals surface area contributed by atoms with E-state index in [2.05, 4.69) is 34.5 Å². The number of carbonyl (C=O) groups excluding carboxylic acids is 1. The van der Waals surface area contributed by atoms with Gasteiger partial charge in [0.15, 0.2) is 0 Å². The number of amides is 1. The zero-order valence-corrected chi connectivity index (χ0v) is 17.4. The van der Waals surface area contributed by atoms with E-state index >= 15 is 0 Å². The van der Waals surface area contributed by atoms with Crippen LogP contribution >= 0.6 is 11.3 Å². The molecule has 1 saturated heterocycles. The number of likely N-dealkylation sites (tertiary alicyclic amines) is 1. The van der Waals surface area contributed by atoms with Gasteiger partial charge in [-0.05, 0) is 49.2 Å². The van der Waals surface area contributed by atoms with Crippen LogP contribution in [0, 0.1) is 5.82 Å². The number of halogens is 1. The Balaban J connectivity index is 1.44. The van der Waals surface area contributed by atoms with Crippen LogP contribution in [0.25, 0.3) is 10.1 Å². The fraction of sp³-hybridized carbons (Fsp3) is 0.348. The third kappa shape index (κ3) is 4.50. The quantitative estimate of drug-likeness (QED) is 0.611. The molecule has 152 valence electrons. The smallest absolute Gasteiger partial charge is 0.262 e. The van der Waals surface area contributed by atoms with Crippen LogP contribution in [0.3, 0.4) is 0 Å². The molecule has 0 spiro atoms. The van der Waals surface area contributed by atoms with Gasteiger partial charge < -0.3 is 10.1 Å². The molecule has 4 rings (SSSR count). The van der Waals surface area contributed by atoms with E-state index in [0.717, 1.165) is 16.8 Å². The number of thiophene rings is 1. The molecule has 0 aliphatic carbocycles. The Morgan fingerprint density at radius 2 is 1.86 bits per heavy atom. The minimum atomic E-state index is -0.321. The lowest BCUT2D eigenvalue weighted by atomic mass is 10.1. The van der Waals surface area contributed by atoms with Crippen molar-refractivity contribution in [2.24, 2.45) is 0 Å². The maximum atomic E-state index is 14.3. The number of hydrogen-bond acceptors (Lipinski definition) is 4. The summed E-state index contributed by atoms with van der Waals surface area (Å²) in [6, 6.07) is 13.3. The fourth-order valence-corrected chi connectivity index (χ4v) is 5.00. The fourth-order valence-electron chi connectivity index (χ4n) is 3.86. The van der Waals surface area contributed by atoms with Crippen LogP contribution in [0.1, 0.15) is 39.2 Å². The summed E-state index contributed by atoms with van der Waals surface area (Å²) in [7, 11) is 1.55. The topological polar surface area (TPSA) is 41.6 Å². The lowest BCUT2D eigenvalue weighted by Crippen LogP contribution is -2.23. The van der Waals surface area contributed by atoms with Crippen molar-refractivity contribution >= 4 is 27.3 Å². The monoisotopic (exact) mass is 412 g/mol. The number of ether oxygens (including phenoxy) is 1. The van der Waals surface area contributed by atoms with E-state index in [-0.39, 0.29) is 18.3 Å². The maximum Gasteiger partial charge on any atom is 0.262 e. The minimum Gasteiger partial charge on any atom is -0.380 e. The molecule has 4 nitrogen and oxygen atoms in total. The molecule has 0 unspecified atom stereocenters. The van der Waals surface area contributed by atoms with Gasteiger partial charge in [0.2, 0.25) is 0 Å². The van der Waals surface area contributed by atoms with Gasteiger partial charge in [0, 0.05) is 35.8 Å². The first kappa shape index (κ1) is 20.0. The van der Waals surface area contributed by atoms with Gasteiger partial charge in [-0.3, -0.25) is 9.69 Å². The lowest BCUT2D eigenvalue weighted by Gasteiger charge is -2.14. The third-order valence-electron chi connectivity index (χ3n) is 5.34. The molecule has 2 heterocycles. The molecule has 1 fully saturated rings. The number of fused-ring (bicyclic) bond motifs is 1. The summed E-state index contributed by atoms with van der Waals surface area (Å²) in [5.74, 6) is -0.516. The van der Waals surface area contributed by atoms with Crippen LogP contribution in [0.2, 0.25) is 0 Å². The zero-order valence-electron chi connectivity index (χ0n) is 16.5. The predicted molar refractivity (Wildman–Crippen MR) is 115 cm³/mol. The second-order valence-electron chi connectivity index (χ2n) is 7.44. The molecule has 3 aromatic rings. The second kappa shape index (κ2) is 9.03. The van der Waals surface area contributed by atoms with Crippen molar-refractivity contribution in [3.63, 3.8) is 0 Å². The Kier molecular flexibility index (Phi) is 6.23. The highest BCUT2D eigenvalue weighted by atomic mass is 32.1. The second-order valence-corrected chi connectivity index (χ2v) is 8.49. The van der Waals surface area contributed by atoms with Crippen molar-refractivity contribution in [3.05, 3.63) is 69.8 Å². The lowest BCUT2D eigenvalue weighted by molar-refractivity contribution is 0.0950. The Labute approximate surface area is 174 Å². The zero-order chi connectivity index (χ0) is 20.2. The van der Waals surface area contributed by atoms with Gasteiger partial charge in [-0.2, -0.15) is 0 Å². The maximum absolute atomic E-state index is 14.3. The SMILES string of the molecule is COCc1c(C(=O)NCc2ccc(CN3CCCC3)cc2)sc2cccc(F)c12. The summed E-state index contributed by atoms with van der Waals surface area (Å²) in [5, 5.41) is 3.45. The van der Waals surface area contributed by atoms with Gasteiger partial charge in [0.1, 0.15) is 5.82 Å². The van der Waals surface area contributed by atoms with Crippen molar-refractivity contribution in [1.29, 1.82) is 0 Å². The van der Waals surface area contributed by atoms with Gasteiger partial charge in [0.05, 0.1) is 11.5 Å². The summed E-state index contributed by atoms with van der Waals surface area (Å²) in [5.41, 5.74) is 2.96. The van der Waals surface area contributed by atoms with Crippen molar-refractivity contribution in [3.8, 4) is 0 Å². The van der Waals surface area contributed by atoms with E-state index in [1.54, 1.807) is 13.2 Å². The van der Waals surface area contributed by atoms with Crippen LogP contribution in [-0.4, -0.2) is 31.0 Å². The van der Waals surface area contributed by atoms with Crippen molar-refractivity contribution < 1.29 is 13.9 Å². The van der Waals surface area contributed by atoms with E-state index in [4.69, 9.17) is 4.74 Å². The van der Waals surface area contributed by atoms with Gasteiger partial charge in [-0.15, -0.1) is 11.3 Å². The van der Waals surface area contributed by atoms with Gasteiger partial charge in [-0.1, -0.05) is 30.3 Å². The predicted octanol–water partition coefficient (Wildman–Crippen LogP) is 4.71. The first-order valence-corrected chi connectivity index (χ1v) is 10.7. The Hall–Kier alpha value is -2.28. The number of carbonyl (C=O) groups is 1. The van der Waals surface area contributed by atoms with E-state index in [1.165, 1.54) is 48.9 Å². The molecule has 0 atom stereocenters. The number of nitrogens with one attached hydrogen (secondary N) is 1. The molecular formula is C23H25FN2O2S. The van der Waals surface area contributed by atoms with Crippen molar-refractivity contribution in [1.82, 2.24) is 10.2 Å². The molecule has 29 heavy (non-hydrogen) atoms. The van der Waals surface area contributed by atoms with E-state index in [1.807, 2.05) is 6.07 Å². The van der Waals surface area contributed by atoms with Crippen LogP contribution in [-0.2, 0) is 24.4 Å². The van der Waals surface area contributed by atoms with Gasteiger partial charge >= 0.3 is 0 Å². The molecule has 1 aromatic heterocycles. The first-order valence-electron chi connectivity index (χ1n) is 9.93. The summed E-state index contributed by atoms with van der Waals surface area (Å²) in [4.78, 5) is 15.8. The molecule has 6 heteroatoms. The molecule has 1 aliphatic rings. The third-order valence-corrected chi connectivity index (χ3v) is 6.54. The van der Waals surface area contributed by atoms with Crippen LogP contribution < -0.4 is 5.32 Å². The van der Waals surface area contributed by atoms with E-state index in [9.17, 15) is 9.18 Å². The molecule has 0 radical (unpaired) electrons. The molecular weight excluding hydrogens is 387 g/mol. The molecule has 2 aromatic carbocycles. The summed E-state index contributed by atoms with van der Waals surface area (Å²) in [6.45, 7) is 3.98. The largest absolute Gasteiger partial charge is 0.380 e. The Morgan fingerprint density at radius 3 is 2.59 bits per heavy atom. The normalized spacial score (nSPS) is 14.6. The van der Waals surface area contributed by atoms with Gasteiger partial charge in [-0.25, -0.2) is 4.39 Å². The summed E-state index contributed by atoms with van der Waals surface area (Å²) < 4.78 is 20.3. The number of rotatable bonds is 7. The molecule has 1 N–H and O–H groups in total. The molecule has 0 bridgehead atoms. The highest BCUT2D eigenvalue weighted by Crippen LogP contribution is 2.33. The Morgan fingerprint density at radius 1 is 1.14 bits per heavy atom. The van der Waals surface area contributed by atoms with Crippen molar-refractivity contribution in [2.75, 3.05) is 20.2 Å². The molecule has 1 amide bonds. The van der Waals surface area contributed by atoms with Crippen molar-refractivity contribution in [2.45, 2.75) is 32.5 Å². The minimum absolute atomic E-state index is 0.196. The number of benzene rings is 2. The highest BCUT2D eigenvalue weighted by molar-refractivity contribution is 7.21. The van der Waals surface area contributed by atoms with Crippen LogP contribution in [0.5, 0.6) is 0 Å². The average Bonchev–Trinajstić information content (AvgIpc) is 3.36. The standard InChI is InChI=1S/C23H25FN2O2S/c1-28-15-18-21-19(24)5-4-6-20(21)29-22(18)23(27)25-13-16-7-9-17(10-8-16)14-26-11-2-3-12-26/h4-10H,2-3,11-15H2,1H3,(H,25,27). The number of methoxy groups -OCH3 is 1. The number of hydrogen-bond donors (Lipinski definition) is 1. The van der Waals surface area contributed by atoms with E-state index < -0.39 is 0 Å².